The van der Waals surface area contributed by atoms with Gasteiger partial charge >= 0.3 is 11.9 Å². The highest BCUT2D eigenvalue weighted by Gasteiger charge is 2.27. The van der Waals surface area contributed by atoms with Crippen molar-refractivity contribution >= 4 is 65.0 Å². The third kappa shape index (κ3) is 7.58. The first-order valence-corrected chi connectivity index (χ1v) is 9.77. The standard InChI is InChI=1S/C13H18N2O6S3/c1-7(16)14-9(4-22)12(19)21-11(18)6-23-5-10(17)15-8-2-3-24-13(8)20/h8-9,22H,2-6H2,1H3,(H,14,16)(H,15,17)/t8?,9-/m0/s1. The van der Waals surface area contributed by atoms with Crippen LogP contribution in [0.2, 0.25) is 0 Å². The van der Waals surface area contributed by atoms with Crippen molar-refractivity contribution in [2.24, 2.45) is 0 Å². The highest BCUT2D eigenvalue weighted by Crippen LogP contribution is 2.19. The average Bonchev–Trinajstić information content (AvgIpc) is 2.89. The predicted molar refractivity (Wildman–Crippen MR) is 93.9 cm³/mol. The maximum Gasteiger partial charge on any atom is 0.337 e. The number of carbonyl (C=O) groups excluding carboxylic acids is 5. The van der Waals surface area contributed by atoms with Gasteiger partial charge in [-0.3, -0.25) is 19.2 Å². The second-order valence-corrected chi connectivity index (χ2v) is 7.25. The molecular formula is C13H18N2O6S3. The molecule has 134 valence electrons. The van der Waals surface area contributed by atoms with Crippen LogP contribution in [0.1, 0.15) is 13.3 Å². The summed E-state index contributed by atoms with van der Waals surface area (Å²) in [6.07, 6.45) is 0.602. The number of carbonyl (C=O) groups is 5. The van der Waals surface area contributed by atoms with Gasteiger partial charge in [0.25, 0.3) is 0 Å². The molecule has 2 atom stereocenters. The Balaban J connectivity index is 2.25. The van der Waals surface area contributed by atoms with E-state index < -0.39 is 29.9 Å². The Hall–Kier alpha value is -1.20. The zero-order valence-electron chi connectivity index (χ0n) is 12.9. The van der Waals surface area contributed by atoms with E-state index in [2.05, 4.69) is 28.0 Å². The summed E-state index contributed by atoms with van der Waals surface area (Å²) < 4.78 is 4.59. The largest absolute Gasteiger partial charge is 0.391 e. The van der Waals surface area contributed by atoms with Crippen LogP contribution in [0.3, 0.4) is 0 Å². The lowest BCUT2D eigenvalue weighted by atomic mass is 10.2. The van der Waals surface area contributed by atoms with Gasteiger partial charge in [0.05, 0.1) is 17.5 Å². The van der Waals surface area contributed by atoms with Crippen LogP contribution in [-0.4, -0.2) is 64.0 Å². The summed E-state index contributed by atoms with van der Waals surface area (Å²) in [5.41, 5.74) is 0. The number of hydrogen-bond acceptors (Lipinski definition) is 9. The molecule has 0 aromatic rings. The minimum Gasteiger partial charge on any atom is -0.391 e. The molecule has 0 aliphatic carbocycles. The molecule has 1 unspecified atom stereocenters. The highest BCUT2D eigenvalue weighted by atomic mass is 32.2. The Bertz CT molecular complexity index is 528. The van der Waals surface area contributed by atoms with E-state index in [-0.39, 0.29) is 28.3 Å². The number of ether oxygens (including phenoxy) is 1. The first-order chi connectivity index (χ1) is 11.3. The number of esters is 2. The van der Waals surface area contributed by atoms with Gasteiger partial charge in [-0.1, -0.05) is 11.8 Å². The van der Waals surface area contributed by atoms with Crippen LogP contribution in [0.15, 0.2) is 0 Å². The number of rotatable bonds is 8. The average molecular weight is 394 g/mol. The van der Waals surface area contributed by atoms with Crippen molar-refractivity contribution in [1.82, 2.24) is 10.6 Å². The van der Waals surface area contributed by atoms with E-state index in [0.29, 0.717) is 12.2 Å². The number of amides is 2. The molecule has 1 aliphatic heterocycles. The molecule has 0 spiro atoms. The van der Waals surface area contributed by atoms with Gasteiger partial charge in [0.15, 0.2) is 0 Å². The summed E-state index contributed by atoms with van der Waals surface area (Å²) >= 11 is 6.05. The molecule has 0 aromatic carbocycles. The summed E-state index contributed by atoms with van der Waals surface area (Å²) in [7, 11) is 0. The summed E-state index contributed by atoms with van der Waals surface area (Å²) in [4.78, 5) is 57.1. The van der Waals surface area contributed by atoms with Crippen molar-refractivity contribution in [2.75, 3.05) is 23.0 Å². The SMILES string of the molecule is CC(=O)N[C@@H](CS)C(=O)OC(=O)CSCC(=O)NC1CCSC1=O. The Morgan fingerprint density at radius 1 is 1.38 bits per heavy atom. The van der Waals surface area contributed by atoms with E-state index in [4.69, 9.17) is 0 Å². The molecule has 1 heterocycles. The first-order valence-electron chi connectivity index (χ1n) is 6.99. The molecule has 0 aromatic heterocycles. The topological polar surface area (TPSA) is 119 Å². The highest BCUT2D eigenvalue weighted by molar-refractivity contribution is 8.14. The lowest BCUT2D eigenvalue weighted by molar-refractivity contribution is -0.159. The number of thioether (sulfide) groups is 2. The minimum absolute atomic E-state index is 0.00529. The van der Waals surface area contributed by atoms with Crippen molar-refractivity contribution < 1.29 is 28.7 Å². The summed E-state index contributed by atoms with van der Waals surface area (Å²) in [5.74, 6) is -2.06. The Kier molecular flexibility index (Phi) is 9.22. The van der Waals surface area contributed by atoms with Gasteiger partial charge in [-0.05, 0) is 6.42 Å². The minimum atomic E-state index is -1.01. The fourth-order valence-electron chi connectivity index (χ4n) is 1.73. The molecule has 1 fully saturated rings. The molecule has 0 saturated carbocycles. The zero-order chi connectivity index (χ0) is 18.1. The lowest BCUT2D eigenvalue weighted by Gasteiger charge is -2.13. The number of hydrogen-bond donors (Lipinski definition) is 3. The van der Waals surface area contributed by atoms with Gasteiger partial charge in [0.2, 0.25) is 16.9 Å². The van der Waals surface area contributed by atoms with Crippen LogP contribution >= 0.6 is 36.2 Å². The summed E-state index contributed by atoms with van der Waals surface area (Å²) in [6.45, 7) is 1.23. The molecule has 2 amide bonds. The van der Waals surface area contributed by atoms with E-state index in [0.717, 1.165) is 11.8 Å². The molecule has 1 rings (SSSR count). The first kappa shape index (κ1) is 20.8. The fraction of sp³-hybridized carbons (Fsp3) is 0.615. The summed E-state index contributed by atoms with van der Waals surface area (Å²) in [5, 5.41) is 4.83. The van der Waals surface area contributed by atoms with Crippen LogP contribution in [-0.2, 0) is 28.7 Å². The third-order valence-electron chi connectivity index (χ3n) is 2.78. The lowest BCUT2D eigenvalue weighted by Crippen LogP contribution is -2.43. The van der Waals surface area contributed by atoms with E-state index in [1.807, 2.05) is 0 Å². The Morgan fingerprint density at radius 2 is 2.08 bits per heavy atom. The second-order valence-electron chi connectivity index (χ2n) is 4.80. The van der Waals surface area contributed by atoms with Gasteiger partial charge in [-0.15, -0.1) is 11.8 Å². The van der Waals surface area contributed by atoms with E-state index in [1.165, 1.54) is 18.7 Å². The molecule has 11 heteroatoms. The van der Waals surface area contributed by atoms with Crippen molar-refractivity contribution in [3.63, 3.8) is 0 Å². The van der Waals surface area contributed by atoms with Gasteiger partial charge in [-0.2, -0.15) is 12.6 Å². The van der Waals surface area contributed by atoms with Crippen molar-refractivity contribution in [1.29, 1.82) is 0 Å². The zero-order valence-corrected chi connectivity index (χ0v) is 15.4. The molecule has 0 radical (unpaired) electrons. The molecule has 8 nitrogen and oxygen atoms in total. The van der Waals surface area contributed by atoms with E-state index >= 15 is 0 Å². The third-order valence-corrected chi connectivity index (χ3v) is 5.06. The van der Waals surface area contributed by atoms with Crippen LogP contribution in [0.25, 0.3) is 0 Å². The molecule has 0 bridgehead atoms. The van der Waals surface area contributed by atoms with Crippen LogP contribution in [0, 0.1) is 0 Å². The number of thiol groups is 1. The maximum atomic E-state index is 11.7. The molecule has 1 saturated heterocycles. The monoisotopic (exact) mass is 394 g/mol. The number of nitrogens with one attached hydrogen (secondary N) is 2. The molecule has 2 N–H and O–H groups in total. The second kappa shape index (κ2) is 10.6. The molecular weight excluding hydrogens is 376 g/mol. The smallest absolute Gasteiger partial charge is 0.337 e. The van der Waals surface area contributed by atoms with Gasteiger partial charge in [-0.25, -0.2) is 4.79 Å². The van der Waals surface area contributed by atoms with Gasteiger partial charge < -0.3 is 15.4 Å². The molecule has 24 heavy (non-hydrogen) atoms. The van der Waals surface area contributed by atoms with Crippen molar-refractivity contribution in [3.8, 4) is 0 Å². The van der Waals surface area contributed by atoms with Crippen molar-refractivity contribution in [3.05, 3.63) is 0 Å². The van der Waals surface area contributed by atoms with Crippen LogP contribution in [0.5, 0.6) is 0 Å². The van der Waals surface area contributed by atoms with Crippen molar-refractivity contribution in [2.45, 2.75) is 25.4 Å². The summed E-state index contributed by atoms with van der Waals surface area (Å²) in [6, 6.07) is -1.47. The van der Waals surface area contributed by atoms with E-state index in [1.54, 1.807) is 0 Å². The van der Waals surface area contributed by atoms with Gasteiger partial charge in [0.1, 0.15) is 6.04 Å². The maximum absolute atomic E-state index is 11.7. The Labute approximate surface area is 153 Å². The normalized spacial score (nSPS) is 17.9. The predicted octanol–water partition coefficient (Wildman–Crippen LogP) is -0.628. The van der Waals surface area contributed by atoms with Gasteiger partial charge in [0, 0.05) is 18.4 Å². The molecule has 1 aliphatic rings. The van der Waals surface area contributed by atoms with Crippen LogP contribution < -0.4 is 10.6 Å². The van der Waals surface area contributed by atoms with Crippen LogP contribution in [0.4, 0.5) is 0 Å². The Morgan fingerprint density at radius 3 is 2.62 bits per heavy atom. The quantitative estimate of drug-likeness (QED) is 0.283. The van der Waals surface area contributed by atoms with E-state index in [9.17, 15) is 24.0 Å². The fourth-order valence-corrected chi connectivity index (χ4v) is 3.50.